The minimum Gasteiger partial charge on any atom is -0.493 e. The Hall–Kier alpha value is -3.45. The lowest BCUT2D eigenvalue weighted by molar-refractivity contribution is 0.0698. The van der Waals surface area contributed by atoms with Crippen LogP contribution in [0.2, 0.25) is 0 Å². The molecular formula is C21H17N3O3S. The zero-order chi connectivity index (χ0) is 19.7. The van der Waals surface area contributed by atoms with Gasteiger partial charge < -0.3 is 10.2 Å². The van der Waals surface area contributed by atoms with Crippen molar-refractivity contribution in [1.82, 2.24) is 4.57 Å². The van der Waals surface area contributed by atoms with E-state index in [9.17, 15) is 15.0 Å². The van der Waals surface area contributed by atoms with E-state index in [-0.39, 0.29) is 11.4 Å². The van der Waals surface area contributed by atoms with Crippen LogP contribution in [0.15, 0.2) is 58.5 Å². The highest BCUT2D eigenvalue weighted by Gasteiger charge is 2.16. The predicted molar refractivity (Wildman–Crippen MR) is 111 cm³/mol. The highest BCUT2D eigenvalue weighted by molar-refractivity contribution is 7.10. The number of para-hydroxylation sites is 2. The van der Waals surface area contributed by atoms with E-state index in [0.717, 1.165) is 16.8 Å². The van der Waals surface area contributed by atoms with E-state index in [0.29, 0.717) is 21.9 Å². The molecule has 0 radical (unpaired) electrons. The van der Waals surface area contributed by atoms with Crippen LogP contribution in [-0.4, -0.2) is 27.0 Å². The highest BCUT2D eigenvalue weighted by atomic mass is 32.1. The van der Waals surface area contributed by atoms with Crippen molar-refractivity contribution in [1.29, 1.82) is 0 Å². The van der Waals surface area contributed by atoms with Crippen LogP contribution in [-0.2, 0) is 6.54 Å². The van der Waals surface area contributed by atoms with Gasteiger partial charge in [0, 0.05) is 23.9 Å². The average Bonchev–Trinajstić information content (AvgIpc) is 3.23. The van der Waals surface area contributed by atoms with Crippen molar-refractivity contribution < 1.29 is 15.0 Å². The minimum absolute atomic E-state index is 0.101. The first kappa shape index (κ1) is 17.9. The van der Waals surface area contributed by atoms with Crippen molar-refractivity contribution in [2.24, 2.45) is 9.98 Å². The third-order valence-electron chi connectivity index (χ3n) is 4.42. The molecule has 2 N–H and O–H groups in total. The fourth-order valence-electron chi connectivity index (χ4n) is 3.04. The van der Waals surface area contributed by atoms with Gasteiger partial charge in [-0.1, -0.05) is 41.7 Å². The average molecular weight is 391 g/mol. The van der Waals surface area contributed by atoms with Gasteiger partial charge in [-0.25, -0.2) is 9.79 Å². The molecule has 0 bridgehead atoms. The number of rotatable bonds is 4. The summed E-state index contributed by atoms with van der Waals surface area (Å²) in [5, 5.41) is 20.1. The van der Waals surface area contributed by atoms with Crippen molar-refractivity contribution in [2.75, 3.05) is 0 Å². The number of thiazole rings is 1. The number of carboxylic acids is 1. The Labute approximate surface area is 165 Å². The molecule has 1 aliphatic rings. The van der Waals surface area contributed by atoms with Gasteiger partial charge in [0.25, 0.3) is 0 Å². The molecule has 4 rings (SSSR count). The van der Waals surface area contributed by atoms with Gasteiger partial charge in [0.1, 0.15) is 0 Å². The second-order valence-corrected chi connectivity index (χ2v) is 7.13. The molecule has 1 aliphatic heterocycles. The lowest BCUT2D eigenvalue weighted by Gasteiger charge is -2.02. The van der Waals surface area contributed by atoms with Crippen molar-refractivity contribution >= 4 is 46.5 Å². The highest BCUT2D eigenvalue weighted by Crippen LogP contribution is 2.34. The van der Waals surface area contributed by atoms with Crippen LogP contribution < -0.4 is 4.80 Å². The van der Waals surface area contributed by atoms with Gasteiger partial charge in [-0.05, 0) is 31.2 Å². The molecular weight excluding hydrogens is 374 g/mol. The first-order valence-electron chi connectivity index (χ1n) is 8.73. The Morgan fingerprint density at radius 3 is 2.75 bits per heavy atom. The molecule has 140 valence electrons. The van der Waals surface area contributed by atoms with Gasteiger partial charge in [0.2, 0.25) is 5.88 Å². The number of hydrogen-bond donors (Lipinski definition) is 2. The molecule has 0 spiro atoms. The Kier molecular flexibility index (Phi) is 4.67. The van der Waals surface area contributed by atoms with Gasteiger partial charge in [-0.2, -0.15) is 0 Å². The summed E-state index contributed by atoms with van der Waals surface area (Å²) < 4.78 is 1.66. The maximum Gasteiger partial charge on any atom is 0.337 e. The van der Waals surface area contributed by atoms with Crippen LogP contribution in [0.1, 0.15) is 27.7 Å². The monoisotopic (exact) mass is 391 g/mol. The molecule has 0 amide bonds. The molecule has 0 saturated carbocycles. The molecule has 28 heavy (non-hydrogen) atoms. The number of aliphatic imine (C=N–C) groups is 1. The molecule has 7 heteroatoms. The Balaban J connectivity index is 1.84. The van der Waals surface area contributed by atoms with Crippen molar-refractivity contribution in [3.8, 4) is 5.88 Å². The number of carbonyl (C=O) groups is 1. The molecule has 0 fully saturated rings. The van der Waals surface area contributed by atoms with Gasteiger partial charge >= 0.3 is 5.97 Å². The van der Waals surface area contributed by atoms with Crippen molar-refractivity contribution in [3.63, 3.8) is 0 Å². The van der Waals surface area contributed by atoms with Gasteiger partial charge in [0.05, 0.1) is 21.8 Å². The Morgan fingerprint density at radius 2 is 1.96 bits per heavy atom. The first-order chi connectivity index (χ1) is 13.6. The Bertz CT molecular complexity index is 1200. The molecule has 0 unspecified atom stereocenters. The summed E-state index contributed by atoms with van der Waals surface area (Å²) in [5.74, 6) is -0.936. The summed E-state index contributed by atoms with van der Waals surface area (Å²) in [5.41, 5.74) is 3.29. The van der Waals surface area contributed by atoms with Crippen LogP contribution in [0.3, 0.4) is 0 Å². The van der Waals surface area contributed by atoms with Crippen LogP contribution in [0.25, 0.3) is 11.6 Å². The van der Waals surface area contributed by atoms with Crippen molar-refractivity contribution in [2.45, 2.75) is 13.5 Å². The molecule has 1 aromatic heterocycles. The second-order valence-electron chi connectivity index (χ2n) is 6.13. The number of hydrogen-bond acceptors (Lipinski definition) is 5. The summed E-state index contributed by atoms with van der Waals surface area (Å²) in [4.78, 5) is 21.5. The zero-order valence-corrected chi connectivity index (χ0v) is 15.8. The molecule has 2 aromatic carbocycles. The van der Waals surface area contributed by atoms with Crippen LogP contribution in [0.5, 0.6) is 5.88 Å². The maximum absolute atomic E-state index is 11.4. The Morgan fingerprint density at radius 1 is 1.21 bits per heavy atom. The number of fused-ring (bicyclic) bond motifs is 1. The summed E-state index contributed by atoms with van der Waals surface area (Å²) in [6, 6.07) is 14.4. The van der Waals surface area contributed by atoms with E-state index in [4.69, 9.17) is 0 Å². The number of allylic oxidation sites excluding steroid dienone is 1. The van der Waals surface area contributed by atoms with Crippen LogP contribution in [0, 0.1) is 0 Å². The molecule has 3 aromatic rings. The number of aromatic hydroxyl groups is 1. The first-order valence-corrected chi connectivity index (χ1v) is 9.55. The van der Waals surface area contributed by atoms with Crippen molar-refractivity contribution in [3.05, 3.63) is 69.3 Å². The SMILES string of the molecule is CCn1c(O)c(/C=C2\C=Nc3ccccc32)sc1=Nc1ccccc1C(=O)O. The van der Waals surface area contributed by atoms with Gasteiger partial charge in [-0.15, -0.1) is 0 Å². The normalized spacial score (nSPS) is 14.6. The molecule has 0 atom stereocenters. The lowest BCUT2D eigenvalue weighted by atomic mass is 10.1. The minimum atomic E-state index is -1.04. The summed E-state index contributed by atoms with van der Waals surface area (Å²) in [6.07, 6.45) is 3.65. The third kappa shape index (κ3) is 3.16. The molecule has 2 heterocycles. The summed E-state index contributed by atoms with van der Waals surface area (Å²) in [6.45, 7) is 2.40. The molecule has 0 saturated heterocycles. The van der Waals surface area contributed by atoms with E-state index in [1.54, 1.807) is 29.0 Å². The maximum atomic E-state index is 11.4. The van der Waals surface area contributed by atoms with Gasteiger partial charge in [-0.3, -0.25) is 9.56 Å². The van der Waals surface area contributed by atoms with Gasteiger partial charge in [0.15, 0.2) is 4.80 Å². The predicted octanol–water partition coefficient (Wildman–Crippen LogP) is 4.46. The number of benzene rings is 2. The van der Waals surface area contributed by atoms with Crippen LogP contribution in [0.4, 0.5) is 11.4 Å². The quantitative estimate of drug-likeness (QED) is 0.688. The standard InChI is InChI=1S/C21H17N3O3S/c1-2-24-19(25)18(11-13-12-22-16-9-5-3-7-14(13)16)28-21(24)23-17-10-6-4-8-15(17)20(26)27/h3-12,25H,2H2,1H3,(H,26,27)/b13-11+,23-21?. The zero-order valence-electron chi connectivity index (χ0n) is 15.0. The number of nitrogens with zero attached hydrogens (tertiary/aromatic N) is 3. The van der Waals surface area contributed by atoms with E-state index < -0.39 is 5.97 Å². The van der Waals surface area contributed by atoms with E-state index >= 15 is 0 Å². The summed E-state index contributed by atoms with van der Waals surface area (Å²) in [7, 11) is 0. The number of aromatic carboxylic acids is 1. The van der Waals surface area contributed by atoms with E-state index in [1.807, 2.05) is 37.3 Å². The second kappa shape index (κ2) is 7.28. The molecule has 0 aliphatic carbocycles. The lowest BCUT2D eigenvalue weighted by Crippen LogP contribution is -2.12. The van der Waals surface area contributed by atoms with E-state index in [2.05, 4.69) is 9.98 Å². The fourth-order valence-corrected chi connectivity index (χ4v) is 4.09. The fraction of sp³-hybridized carbons (Fsp3) is 0.0952. The number of aromatic nitrogens is 1. The summed E-state index contributed by atoms with van der Waals surface area (Å²) >= 11 is 1.30. The van der Waals surface area contributed by atoms with Crippen LogP contribution >= 0.6 is 11.3 Å². The molecule has 6 nitrogen and oxygen atoms in total. The van der Waals surface area contributed by atoms with E-state index in [1.165, 1.54) is 17.4 Å². The largest absolute Gasteiger partial charge is 0.493 e. The third-order valence-corrected chi connectivity index (χ3v) is 5.43. The number of carboxylic acid groups (broad SMARTS) is 1. The smallest absolute Gasteiger partial charge is 0.337 e. The topological polar surface area (TPSA) is 87.2 Å².